The molecule has 0 aliphatic carbocycles. The molecule has 0 saturated carbocycles. The molecule has 1 unspecified atom stereocenters. The first-order valence-corrected chi connectivity index (χ1v) is 5.54. The van der Waals surface area contributed by atoms with Crippen molar-refractivity contribution < 1.29 is 0 Å². The van der Waals surface area contributed by atoms with Gasteiger partial charge in [-0.05, 0) is 29.4 Å². The Morgan fingerprint density at radius 1 is 1.36 bits per heavy atom. The minimum Gasteiger partial charge on any atom is -0.384 e. The number of rotatable bonds is 1. The van der Waals surface area contributed by atoms with E-state index in [1.54, 1.807) is 0 Å². The molecule has 1 atom stereocenters. The van der Waals surface area contributed by atoms with Gasteiger partial charge in [-0.2, -0.15) is 0 Å². The van der Waals surface area contributed by atoms with E-state index in [0.717, 1.165) is 12.5 Å². The van der Waals surface area contributed by atoms with E-state index in [0.29, 0.717) is 5.92 Å². The maximum atomic E-state index is 3.56. The van der Waals surface area contributed by atoms with Crippen LogP contribution in [0.4, 0.5) is 5.69 Å². The number of fused-ring (bicyclic) bond motifs is 1. The van der Waals surface area contributed by atoms with Crippen molar-refractivity contribution in [2.45, 2.75) is 33.1 Å². The lowest BCUT2D eigenvalue weighted by Crippen LogP contribution is -2.21. The molecule has 2 rings (SSSR count). The second-order valence-electron chi connectivity index (χ2n) is 4.73. The van der Waals surface area contributed by atoms with E-state index in [2.05, 4.69) is 44.3 Å². The first-order valence-electron chi connectivity index (χ1n) is 5.54. The molecule has 76 valence electrons. The third-order valence-electron chi connectivity index (χ3n) is 3.00. The van der Waals surface area contributed by atoms with Crippen molar-refractivity contribution in [2.24, 2.45) is 5.92 Å². The van der Waals surface area contributed by atoms with Gasteiger partial charge >= 0.3 is 0 Å². The SMILES string of the molecule is CC1CNc2c(cccc2C(C)C)C1. The first kappa shape index (κ1) is 9.57. The van der Waals surface area contributed by atoms with E-state index < -0.39 is 0 Å². The summed E-state index contributed by atoms with van der Waals surface area (Å²) >= 11 is 0. The highest BCUT2D eigenvalue weighted by Gasteiger charge is 2.17. The number of nitrogens with one attached hydrogen (secondary N) is 1. The lowest BCUT2D eigenvalue weighted by atomic mass is 9.90. The standard InChI is InChI=1S/C13H19N/c1-9(2)12-6-4-5-11-7-10(3)8-14-13(11)12/h4-6,9-10,14H,7-8H2,1-3H3. The normalized spacial score (nSPS) is 20.4. The number of anilines is 1. The summed E-state index contributed by atoms with van der Waals surface area (Å²) in [5.74, 6) is 1.38. The summed E-state index contributed by atoms with van der Waals surface area (Å²) in [5, 5.41) is 3.56. The maximum absolute atomic E-state index is 3.56. The van der Waals surface area contributed by atoms with Crippen molar-refractivity contribution in [3.05, 3.63) is 29.3 Å². The molecular weight excluding hydrogens is 170 g/mol. The number of hydrogen-bond donors (Lipinski definition) is 1. The molecule has 1 heteroatoms. The average molecular weight is 189 g/mol. The minimum absolute atomic E-state index is 0.617. The van der Waals surface area contributed by atoms with Gasteiger partial charge in [0.15, 0.2) is 0 Å². The van der Waals surface area contributed by atoms with Gasteiger partial charge in [-0.15, -0.1) is 0 Å². The average Bonchev–Trinajstić information content (AvgIpc) is 2.16. The van der Waals surface area contributed by atoms with E-state index >= 15 is 0 Å². The van der Waals surface area contributed by atoms with E-state index in [1.165, 1.54) is 23.2 Å². The Hall–Kier alpha value is -0.980. The molecule has 0 spiro atoms. The molecule has 0 saturated heterocycles. The van der Waals surface area contributed by atoms with Crippen molar-refractivity contribution in [2.75, 3.05) is 11.9 Å². The number of hydrogen-bond acceptors (Lipinski definition) is 1. The lowest BCUT2D eigenvalue weighted by molar-refractivity contribution is 0.592. The molecule has 1 aromatic rings. The molecule has 1 heterocycles. The van der Waals surface area contributed by atoms with Crippen LogP contribution in [0.3, 0.4) is 0 Å². The molecule has 1 N–H and O–H groups in total. The molecule has 0 fully saturated rings. The predicted molar refractivity (Wildman–Crippen MR) is 61.9 cm³/mol. The summed E-state index contributed by atoms with van der Waals surface area (Å²) in [4.78, 5) is 0. The van der Waals surface area contributed by atoms with Crippen LogP contribution in [0.25, 0.3) is 0 Å². The van der Waals surface area contributed by atoms with Gasteiger partial charge in [0.1, 0.15) is 0 Å². The van der Waals surface area contributed by atoms with Crippen molar-refractivity contribution in [3.63, 3.8) is 0 Å². The summed E-state index contributed by atoms with van der Waals surface area (Å²) < 4.78 is 0. The van der Waals surface area contributed by atoms with Gasteiger partial charge < -0.3 is 5.32 Å². The van der Waals surface area contributed by atoms with Crippen LogP contribution in [0.1, 0.15) is 37.8 Å². The monoisotopic (exact) mass is 189 g/mol. The smallest absolute Gasteiger partial charge is 0.0408 e. The van der Waals surface area contributed by atoms with Crippen LogP contribution in [0, 0.1) is 5.92 Å². The van der Waals surface area contributed by atoms with Crippen LogP contribution >= 0.6 is 0 Å². The Morgan fingerprint density at radius 3 is 2.86 bits per heavy atom. The van der Waals surface area contributed by atoms with Crippen LogP contribution in [-0.4, -0.2) is 6.54 Å². The molecule has 0 bridgehead atoms. The molecule has 0 amide bonds. The van der Waals surface area contributed by atoms with Crippen molar-refractivity contribution in [1.29, 1.82) is 0 Å². The van der Waals surface area contributed by atoms with E-state index in [9.17, 15) is 0 Å². The van der Waals surface area contributed by atoms with Crippen LogP contribution in [0.5, 0.6) is 0 Å². The Labute approximate surface area is 86.5 Å². The summed E-state index contributed by atoms with van der Waals surface area (Å²) in [6.45, 7) is 7.94. The topological polar surface area (TPSA) is 12.0 Å². The fourth-order valence-electron chi connectivity index (χ4n) is 2.21. The molecule has 1 aliphatic heterocycles. The zero-order valence-electron chi connectivity index (χ0n) is 9.30. The Kier molecular flexibility index (Phi) is 2.49. The summed E-state index contributed by atoms with van der Waals surface area (Å²) in [6.07, 6.45) is 1.23. The number of para-hydroxylation sites is 1. The third kappa shape index (κ3) is 1.63. The van der Waals surface area contributed by atoms with E-state index in [1.807, 2.05) is 0 Å². The predicted octanol–water partition coefficient (Wildman–Crippen LogP) is 3.41. The van der Waals surface area contributed by atoms with Crippen molar-refractivity contribution in [1.82, 2.24) is 0 Å². The summed E-state index contributed by atoms with van der Waals surface area (Å²) in [7, 11) is 0. The van der Waals surface area contributed by atoms with Gasteiger partial charge in [0.25, 0.3) is 0 Å². The molecular formula is C13H19N. The Balaban J connectivity index is 2.41. The first-order chi connectivity index (χ1) is 6.68. The van der Waals surface area contributed by atoms with Gasteiger partial charge in [-0.1, -0.05) is 39.0 Å². The maximum Gasteiger partial charge on any atom is 0.0408 e. The molecule has 1 aromatic carbocycles. The summed E-state index contributed by atoms with van der Waals surface area (Å²) in [6, 6.07) is 6.68. The summed E-state index contributed by atoms with van der Waals surface area (Å²) in [5.41, 5.74) is 4.37. The molecule has 14 heavy (non-hydrogen) atoms. The van der Waals surface area contributed by atoms with Crippen LogP contribution in [0.2, 0.25) is 0 Å². The van der Waals surface area contributed by atoms with Gasteiger partial charge in [0.2, 0.25) is 0 Å². The minimum atomic E-state index is 0.617. The zero-order valence-corrected chi connectivity index (χ0v) is 9.30. The number of benzene rings is 1. The van der Waals surface area contributed by atoms with E-state index in [4.69, 9.17) is 0 Å². The quantitative estimate of drug-likeness (QED) is 0.714. The highest BCUT2D eigenvalue weighted by molar-refractivity contribution is 5.60. The fourth-order valence-corrected chi connectivity index (χ4v) is 2.21. The third-order valence-corrected chi connectivity index (χ3v) is 3.00. The van der Waals surface area contributed by atoms with Gasteiger partial charge in [0.05, 0.1) is 0 Å². The van der Waals surface area contributed by atoms with Crippen LogP contribution in [0.15, 0.2) is 18.2 Å². The molecule has 0 radical (unpaired) electrons. The molecule has 1 nitrogen and oxygen atoms in total. The highest BCUT2D eigenvalue weighted by atomic mass is 14.9. The van der Waals surface area contributed by atoms with Gasteiger partial charge in [0, 0.05) is 12.2 Å². The van der Waals surface area contributed by atoms with Gasteiger partial charge in [-0.3, -0.25) is 0 Å². The van der Waals surface area contributed by atoms with Crippen molar-refractivity contribution in [3.8, 4) is 0 Å². The van der Waals surface area contributed by atoms with Crippen LogP contribution < -0.4 is 5.32 Å². The fraction of sp³-hybridized carbons (Fsp3) is 0.538. The molecule has 0 aromatic heterocycles. The Morgan fingerprint density at radius 2 is 2.14 bits per heavy atom. The second kappa shape index (κ2) is 3.64. The molecule has 1 aliphatic rings. The van der Waals surface area contributed by atoms with Gasteiger partial charge in [-0.25, -0.2) is 0 Å². The zero-order chi connectivity index (χ0) is 10.1. The Bertz CT molecular complexity index is 328. The van der Waals surface area contributed by atoms with Crippen LogP contribution in [-0.2, 0) is 6.42 Å². The largest absolute Gasteiger partial charge is 0.384 e. The highest BCUT2D eigenvalue weighted by Crippen LogP contribution is 2.32. The van der Waals surface area contributed by atoms with Crippen molar-refractivity contribution >= 4 is 5.69 Å². The van der Waals surface area contributed by atoms with E-state index in [-0.39, 0.29) is 0 Å². The second-order valence-corrected chi connectivity index (χ2v) is 4.73. The lowest BCUT2D eigenvalue weighted by Gasteiger charge is -2.26.